The zero-order chi connectivity index (χ0) is 7.91. The Labute approximate surface area is 58.3 Å². The van der Waals surface area contributed by atoms with E-state index in [1.165, 1.54) is 0 Å². The van der Waals surface area contributed by atoms with E-state index in [-0.39, 0.29) is 0 Å². The molecule has 0 saturated carbocycles. The van der Waals surface area contributed by atoms with Crippen LogP contribution in [-0.2, 0) is 4.58 Å². The predicted octanol–water partition coefficient (Wildman–Crippen LogP) is -1.21. The second-order valence-electron chi connectivity index (χ2n) is 2.94. The van der Waals surface area contributed by atoms with Gasteiger partial charge in [0.25, 0.3) is 0 Å². The van der Waals surface area contributed by atoms with Crippen LogP contribution in [0, 0.1) is 0 Å². The van der Waals surface area contributed by atoms with E-state index >= 15 is 0 Å². The molecule has 0 aromatic rings. The van der Waals surface area contributed by atoms with Gasteiger partial charge in [-0.15, -0.1) is 0 Å². The van der Waals surface area contributed by atoms with Gasteiger partial charge in [0.05, 0.1) is 28.2 Å². The minimum atomic E-state index is -1.52. The van der Waals surface area contributed by atoms with Gasteiger partial charge in [-0.25, -0.2) is 0 Å². The van der Waals surface area contributed by atoms with Crippen LogP contribution < -0.4 is 0 Å². The van der Waals surface area contributed by atoms with Gasteiger partial charge in [-0.3, -0.25) is 9.83 Å². The van der Waals surface area contributed by atoms with Crippen LogP contribution in [-0.4, -0.2) is 52.7 Å². The average Bonchev–Trinajstić information content (AvgIpc) is 1.61. The van der Waals surface area contributed by atoms with Crippen LogP contribution in [0.4, 0.5) is 0 Å². The van der Waals surface area contributed by atoms with Crippen molar-refractivity contribution in [1.29, 1.82) is 0 Å². The van der Waals surface area contributed by atoms with Gasteiger partial charge in [0, 0.05) is 0 Å². The molecular formula is C4H16NO3Si+. The van der Waals surface area contributed by atoms with Crippen molar-refractivity contribution in [2.45, 2.75) is 0 Å². The maximum absolute atomic E-state index is 7.54. The van der Waals surface area contributed by atoms with Crippen molar-refractivity contribution in [3.8, 4) is 0 Å². The quantitative estimate of drug-likeness (QED) is 0.216. The summed E-state index contributed by atoms with van der Waals surface area (Å²) in [6.45, 7) is 0. The fourth-order valence-electron chi connectivity index (χ4n) is 0. The molecule has 0 aromatic carbocycles. The Hall–Kier alpha value is 0.0569. The van der Waals surface area contributed by atoms with Gasteiger partial charge in [-0.2, -0.15) is 0 Å². The molecule has 0 radical (unpaired) electrons. The van der Waals surface area contributed by atoms with Crippen molar-refractivity contribution in [3.05, 3.63) is 0 Å². The zero-order valence-electron chi connectivity index (χ0n) is 6.46. The summed E-state index contributed by atoms with van der Waals surface area (Å²) in [7, 11) is 6.98. The molecule has 2 N–H and O–H groups in total. The van der Waals surface area contributed by atoms with E-state index in [1.807, 2.05) is 0 Å². The van der Waals surface area contributed by atoms with Gasteiger partial charge in [-0.05, 0) is 0 Å². The van der Waals surface area contributed by atoms with Crippen molar-refractivity contribution in [1.82, 2.24) is 0 Å². The maximum atomic E-state index is 7.54. The Morgan fingerprint density at radius 3 is 1.33 bits per heavy atom. The van der Waals surface area contributed by atoms with Crippen molar-refractivity contribution in [2.75, 3.05) is 28.2 Å². The van der Waals surface area contributed by atoms with Crippen LogP contribution in [0.15, 0.2) is 0 Å². The normalized spacial score (nSPS) is 11.3. The number of quaternary nitrogens is 1. The molecule has 58 valence electrons. The van der Waals surface area contributed by atoms with E-state index in [0.29, 0.717) is 0 Å². The molecule has 0 aliphatic heterocycles. The van der Waals surface area contributed by atoms with Crippen molar-refractivity contribution >= 4 is 10.0 Å². The monoisotopic (exact) mass is 154 g/mol. The molecule has 0 unspecified atom stereocenters. The number of hydrogen-bond donors (Lipinski definition) is 2. The molecule has 0 aliphatic rings. The lowest BCUT2D eigenvalue weighted by atomic mass is 10.8. The van der Waals surface area contributed by atoms with Crippen molar-refractivity contribution in [2.24, 2.45) is 0 Å². The Morgan fingerprint density at radius 2 is 1.33 bits per heavy atom. The van der Waals surface area contributed by atoms with Gasteiger partial charge in [-0.1, -0.05) is 0 Å². The molecule has 0 saturated heterocycles. The lowest BCUT2D eigenvalue weighted by Gasteiger charge is -2.14. The third kappa shape index (κ3) is 265. The molecule has 5 heteroatoms. The molecule has 0 atom stereocenters. The minimum Gasteiger partial charge on any atom is -0.414 e. The Morgan fingerprint density at radius 1 is 1.22 bits per heavy atom. The lowest BCUT2D eigenvalue weighted by Crippen LogP contribution is -2.27. The number of rotatable bonds is 1. The summed E-state index contributed by atoms with van der Waals surface area (Å²) < 4.78 is 4.24. The Kier molecular flexibility index (Phi) is 8.11. The second-order valence-corrected chi connectivity index (χ2v) is 3.46. The van der Waals surface area contributed by atoms with Crippen LogP contribution >= 0.6 is 0 Å². The van der Waals surface area contributed by atoms with Crippen LogP contribution in [0.25, 0.3) is 0 Å². The van der Waals surface area contributed by atoms with Gasteiger partial charge in [0.1, 0.15) is 0 Å². The summed E-state index contributed by atoms with van der Waals surface area (Å²) in [5.41, 5.74) is 0. The highest BCUT2D eigenvalue weighted by Crippen LogP contribution is 1.73. The summed E-state index contributed by atoms with van der Waals surface area (Å²) in [6.07, 6.45) is 0. The van der Waals surface area contributed by atoms with Gasteiger partial charge >= 0.3 is 10.0 Å². The van der Waals surface area contributed by atoms with Gasteiger partial charge in [0.2, 0.25) is 0 Å². The van der Waals surface area contributed by atoms with E-state index in [9.17, 15) is 0 Å². The molecule has 0 bridgehead atoms. The third-order valence-corrected chi connectivity index (χ3v) is 0.173. The van der Waals surface area contributed by atoms with E-state index < -0.39 is 10.0 Å². The highest BCUT2D eigenvalue weighted by Gasteiger charge is 1.88. The minimum absolute atomic E-state index is 1.00. The summed E-state index contributed by atoms with van der Waals surface area (Å²) in [5, 5.41) is 7.19. The standard InChI is InChI=1S/C4H12N.H4O3Si/c1-5(2,3)4;1-3-4-2/h1-4H3;1-2H,4H2/q+1;. The number of hydrogen-bond acceptors (Lipinski definition) is 3. The molecule has 0 heterocycles. The predicted molar refractivity (Wildman–Crippen MR) is 38.4 cm³/mol. The summed E-state index contributed by atoms with van der Waals surface area (Å²) in [4.78, 5) is 7.54. The van der Waals surface area contributed by atoms with E-state index in [4.69, 9.17) is 10.1 Å². The lowest BCUT2D eigenvalue weighted by molar-refractivity contribution is -0.849. The topological polar surface area (TPSA) is 49.7 Å². The SMILES string of the molecule is C[N+](C)(C)C.OO[SiH2]O. The van der Waals surface area contributed by atoms with Crippen LogP contribution in [0.1, 0.15) is 0 Å². The molecular weight excluding hydrogens is 138 g/mol. The van der Waals surface area contributed by atoms with Crippen LogP contribution in [0.2, 0.25) is 0 Å². The molecule has 0 fully saturated rings. The molecule has 0 aromatic heterocycles. The Bertz CT molecular complexity index is 46.3. The van der Waals surface area contributed by atoms with Crippen molar-refractivity contribution in [3.63, 3.8) is 0 Å². The molecule has 0 rings (SSSR count). The first-order chi connectivity index (χ1) is 3.91. The van der Waals surface area contributed by atoms with Gasteiger partial charge in [0.15, 0.2) is 0 Å². The van der Waals surface area contributed by atoms with Crippen LogP contribution in [0.3, 0.4) is 0 Å². The molecule has 0 spiro atoms. The molecule has 0 amide bonds. The fourth-order valence-corrected chi connectivity index (χ4v) is 0. The van der Waals surface area contributed by atoms with Crippen LogP contribution in [0.5, 0.6) is 0 Å². The highest BCUT2D eigenvalue weighted by molar-refractivity contribution is 6.15. The first-order valence-corrected chi connectivity index (χ1v) is 3.79. The first kappa shape index (κ1) is 11.8. The van der Waals surface area contributed by atoms with Crippen molar-refractivity contribution < 1.29 is 19.1 Å². The molecule has 0 aliphatic carbocycles. The smallest absolute Gasteiger partial charge is 0.341 e. The van der Waals surface area contributed by atoms with E-state index in [0.717, 1.165) is 4.48 Å². The van der Waals surface area contributed by atoms with E-state index in [1.54, 1.807) is 0 Å². The summed E-state index contributed by atoms with van der Waals surface area (Å²) in [5.74, 6) is 0. The summed E-state index contributed by atoms with van der Waals surface area (Å²) >= 11 is 0. The highest BCUT2D eigenvalue weighted by atomic mass is 28.2. The first-order valence-electron chi connectivity index (χ1n) is 2.58. The molecule has 9 heavy (non-hydrogen) atoms. The maximum Gasteiger partial charge on any atom is 0.341 e. The Balaban J connectivity index is 0. The third-order valence-electron chi connectivity index (χ3n) is 0.0577. The average molecular weight is 154 g/mol. The number of nitrogens with zero attached hydrogens (tertiary/aromatic N) is 1. The summed E-state index contributed by atoms with van der Waals surface area (Å²) in [6, 6.07) is 0. The fraction of sp³-hybridized carbons (Fsp3) is 1.00. The molecule has 4 nitrogen and oxygen atoms in total. The zero-order valence-corrected chi connectivity index (χ0v) is 7.87. The largest absolute Gasteiger partial charge is 0.414 e. The second kappa shape index (κ2) is 6.18. The van der Waals surface area contributed by atoms with E-state index in [2.05, 4.69) is 32.8 Å². The van der Waals surface area contributed by atoms with Gasteiger partial charge < -0.3 is 9.28 Å².